The van der Waals surface area contributed by atoms with E-state index in [1.165, 1.54) is 11.5 Å². The second-order valence-corrected chi connectivity index (χ2v) is 7.96. The van der Waals surface area contributed by atoms with Crippen molar-refractivity contribution >= 4 is 28.4 Å². The Bertz CT molecular complexity index is 954. The van der Waals surface area contributed by atoms with E-state index in [0.29, 0.717) is 30.9 Å². The number of benzene rings is 1. The highest BCUT2D eigenvalue weighted by Crippen LogP contribution is 2.30. The van der Waals surface area contributed by atoms with Gasteiger partial charge in [-0.25, -0.2) is 4.79 Å². The molecule has 0 aliphatic carbocycles. The van der Waals surface area contributed by atoms with Gasteiger partial charge in [0.05, 0.1) is 24.3 Å². The van der Waals surface area contributed by atoms with E-state index in [-0.39, 0.29) is 12.1 Å². The first kappa shape index (κ1) is 16.9. The number of carbonyl (C=O) groups is 1. The molecular formula is C20H21N3O3S. The average Bonchev–Trinajstić information content (AvgIpc) is 3.30. The molecule has 3 atom stereocenters. The summed E-state index contributed by atoms with van der Waals surface area (Å²) in [5, 5.41) is 2.83. The van der Waals surface area contributed by atoms with Gasteiger partial charge in [0.2, 0.25) is 0 Å². The number of morpholine rings is 1. The maximum absolute atomic E-state index is 13.0. The highest BCUT2D eigenvalue weighted by Gasteiger charge is 2.38. The molecule has 2 aliphatic rings. The van der Waals surface area contributed by atoms with E-state index in [9.17, 15) is 4.79 Å². The van der Waals surface area contributed by atoms with Crippen molar-refractivity contribution in [2.24, 2.45) is 0 Å². The Labute approximate surface area is 161 Å². The van der Waals surface area contributed by atoms with E-state index in [1.807, 2.05) is 46.5 Å². The lowest BCUT2D eigenvalue weighted by atomic mass is 9.92. The van der Waals surface area contributed by atoms with Gasteiger partial charge in [0.1, 0.15) is 6.10 Å². The molecule has 4 heterocycles. The Morgan fingerprint density at radius 3 is 2.74 bits per heavy atom. The molecule has 2 saturated heterocycles. The molecule has 2 fully saturated rings. The Morgan fingerprint density at radius 2 is 2.00 bits per heavy atom. The van der Waals surface area contributed by atoms with Gasteiger partial charge >= 0.3 is 5.97 Å². The third kappa shape index (κ3) is 2.96. The molecule has 140 valence electrons. The van der Waals surface area contributed by atoms with Crippen LogP contribution in [0, 0.1) is 0 Å². The second-order valence-electron chi connectivity index (χ2n) is 7.30. The van der Waals surface area contributed by atoms with E-state index >= 15 is 0 Å². The molecule has 5 rings (SSSR count). The van der Waals surface area contributed by atoms with Crippen LogP contribution < -0.4 is 0 Å². The molecule has 2 aliphatic heterocycles. The standard InChI is InChI=1S/C20H21N3O3S/c1-22-13-8-15(9-14(22)12-25-11-13)26-20(24)17-10-23(19-6-7-27-21-19)18-5-3-2-4-16(17)18/h2-7,10,13-15H,8-9,11-12H2,1H3/t13-,14+,15?. The van der Waals surface area contributed by atoms with Gasteiger partial charge in [-0.3, -0.25) is 9.47 Å². The van der Waals surface area contributed by atoms with Gasteiger partial charge in [-0.2, -0.15) is 4.37 Å². The molecule has 27 heavy (non-hydrogen) atoms. The fourth-order valence-electron chi connectivity index (χ4n) is 4.22. The van der Waals surface area contributed by atoms with Crippen LogP contribution in [0.4, 0.5) is 0 Å². The van der Waals surface area contributed by atoms with Crippen molar-refractivity contribution in [2.75, 3.05) is 20.3 Å². The quantitative estimate of drug-likeness (QED) is 0.651. The molecule has 2 bridgehead atoms. The van der Waals surface area contributed by atoms with Crippen molar-refractivity contribution in [3.63, 3.8) is 0 Å². The molecule has 3 aromatic rings. The van der Waals surface area contributed by atoms with Crippen molar-refractivity contribution in [3.05, 3.63) is 47.5 Å². The van der Waals surface area contributed by atoms with E-state index in [4.69, 9.17) is 9.47 Å². The topological polar surface area (TPSA) is 56.6 Å². The van der Waals surface area contributed by atoms with Gasteiger partial charge in [-0.1, -0.05) is 18.2 Å². The van der Waals surface area contributed by atoms with Crippen molar-refractivity contribution in [1.82, 2.24) is 13.8 Å². The summed E-state index contributed by atoms with van der Waals surface area (Å²) in [6, 6.07) is 10.5. The number of fused-ring (bicyclic) bond motifs is 3. The molecule has 1 aromatic carbocycles. The van der Waals surface area contributed by atoms with Crippen LogP contribution in [0.25, 0.3) is 16.7 Å². The van der Waals surface area contributed by atoms with E-state index in [0.717, 1.165) is 29.6 Å². The lowest BCUT2D eigenvalue weighted by molar-refractivity contribution is -0.0970. The summed E-state index contributed by atoms with van der Waals surface area (Å²) in [7, 11) is 2.14. The first-order valence-corrected chi connectivity index (χ1v) is 10.1. The molecule has 0 saturated carbocycles. The van der Waals surface area contributed by atoms with E-state index in [2.05, 4.69) is 16.3 Å². The van der Waals surface area contributed by atoms with Gasteiger partial charge in [-0.05, 0) is 30.7 Å². The largest absolute Gasteiger partial charge is 0.459 e. The number of hydrogen-bond acceptors (Lipinski definition) is 6. The van der Waals surface area contributed by atoms with Crippen LogP contribution in [0.15, 0.2) is 41.9 Å². The van der Waals surface area contributed by atoms with Crippen molar-refractivity contribution in [1.29, 1.82) is 0 Å². The summed E-state index contributed by atoms with van der Waals surface area (Å²) < 4.78 is 18.0. The Morgan fingerprint density at radius 1 is 1.22 bits per heavy atom. The van der Waals surface area contributed by atoms with Crippen molar-refractivity contribution < 1.29 is 14.3 Å². The highest BCUT2D eigenvalue weighted by atomic mass is 32.1. The minimum Gasteiger partial charge on any atom is -0.459 e. The van der Waals surface area contributed by atoms with Crippen molar-refractivity contribution in [2.45, 2.75) is 31.0 Å². The summed E-state index contributed by atoms with van der Waals surface area (Å²) in [5.74, 6) is 0.565. The van der Waals surface area contributed by atoms with Gasteiger partial charge in [0.15, 0.2) is 5.82 Å². The van der Waals surface area contributed by atoms with E-state index in [1.54, 1.807) is 0 Å². The number of ether oxygens (including phenoxy) is 2. The number of carbonyl (C=O) groups excluding carboxylic acids is 1. The molecule has 0 spiro atoms. The molecule has 0 radical (unpaired) electrons. The fourth-order valence-corrected chi connectivity index (χ4v) is 4.72. The normalized spacial score (nSPS) is 25.6. The Kier molecular flexibility index (Phi) is 4.22. The summed E-state index contributed by atoms with van der Waals surface area (Å²) >= 11 is 1.40. The van der Waals surface area contributed by atoms with Crippen LogP contribution in [0.2, 0.25) is 0 Å². The first-order chi connectivity index (χ1) is 13.2. The third-order valence-corrected chi connectivity index (χ3v) is 6.27. The summed E-state index contributed by atoms with van der Waals surface area (Å²) in [4.78, 5) is 15.4. The van der Waals surface area contributed by atoms with Gasteiger partial charge < -0.3 is 9.47 Å². The summed E-state index contributed by atoms with van der Waals surface area (Å²) in [5.41, 5.74) is 1.56. The van der Waals surface area contributed by atoms with Crippen LogP contribution in [0.1, 0.15) is 23.2 Å². The maximum Gasteiger partial charge on any atom is 0.340 e. The maximum atomic E-state index is 13.0. The average molecular weight is 383 g/mol. The van der Waals surface area contributed by atoms with Gasteiger partial charge in [0.25, 0.3) is 0 Å². The fraction of sp³-hybridized carbons (Fsp3) is 0.400. The lowest BCUT2D eigenvalue weighted by Gasteiger charge is -2.46. The zero-order valence-electron chi connectivity index (χ0n) is 15.1. The number of aromatic nitrogens is 2. The zero-order valence-corrected chi connectivity index (χ0v) is 15.9. The molecule has 2 aromatic heterocycles. The van der Waals surface area contributed by atoms with Crippen LogP contribution >= 0.6 is 11.5 Å². The smallest absolute Gasteiger partial charge is 0.340 e. The number of esters is 1. The Hall–Kier alpha value is -2.22. The SMILES string of the molecule is CN1[C@@H]2COC[C@H]1CC(OC(=O)c1cn(-c3ccsn3)c3ccccc13)C2. The van der Waals surface area contributed by atoms with Crippen LogP contribution in [-0.2, 0) is 9.47 Å². The minimum absolute atomic E-state index is 0.0611. The predicted molar refractivity (Wildman–Crippen MR) is 104 cm³/mol. The number of hydrogen-bond donors (Lipinski definition) is 0. The summed E-state index contributed by atoms with van der Waals surface area (Å²) in [6.45, 7) is 1.42. The predicted octanol–water partition coefficient (Wildman–Crippen LogP) is 3.11. The molecule has 1 unspecified atom stereocenters. The second kappa shape index (κ2) is 6.74. The molecule has 0 N–H and O–H groups in total. The molecule has 0 amide bonds. The van der Waals surface area contributed by atoms with Gasteiger partial charge in [-0.15, -0.1) is 0 Å². The number of nitrogens with zero attached hydrogens (tertiary/aromatic N) is 3. The minimum atomic E-state index is -0.256. The lowest BCUT2D eigenvalue weighted by Crippen LogP contribution is -2.56. The zero-order chi connectivity index (χ0) is 18.4. The van der Waals surface area contributed by atoms with Gasteiger partial charge in [0, 0.05) is 41.9 Å². The number of para-hydroxylation sites is 1. The highest BCUT2D eigenvalue weighted by molar-refractivity contribution is 7.03. The third-order valence-electron chi connectivity index (χ3n) is 5.72. The van der Waals surface area contributed by atoms with Crippen LogP contribution in [-0.4, -0.2) is 58.3 Å². The Balaban J connectivity index is 1.43. The number of likely N-dealkylation sites (N-methyl/N-ethyl adjacent to an activating group) is 1. The monoisotopic (exact) mass is 383 g/mol. The van der Waals surface area contributed by atoms with Crippen LogP contribution in [0.5, 0.6) is 0 Å². The van der Waals surface area contributed by atoms with E-state index < -0.39 is 0 Å². The molecule has 7 heteroatoms. The number of piperidine rings is 1. The van der Waals surface area contributed by atoms with Crippen molar-refractivity contribution in [3.8, 4) is 5.82 Å². The number of rotatable bonds is 3. The molecular weight excluding hydrogens is 362 g/mol. The van der Waals surface area contributed by atoms with Crippen LogP contribution in [0.3, 0.4) is 0 Å². The first-order valence-electron chi connectivity index (χ1n) is 9.22. The summed E-state index contributed by atoms with van der Waals surface area (Å²) in [6.07, 6.45) is 3.43. The molecule has 6 nitrogen and oxygen atoms in total.